The van der Waals surface area contributed by atoms with Crippen LogP contribution in [0.15, 0.2) is 17.5 Å². The molecule has 0 aliphatic rings. The van der Waals surface area contributed by atoms with Crippen LogP contribution in [0.3, 0.4) is 0 Å². The molecule has 6 heteroatoms. The summed E-state index contributed by atoms with van der Waals surface area (Å²) in [5, 5.41) is 3.69. The van der Waals surface area contributed by atoms with Gasteiger partial charge in [-0.15, -0.1) is 0 Å². The topological polar surface area (TPSA) is 60.8 Å². The Hall–Kier alpha value is -1.98. The number of nitrogens with zero attached hydrogens (tertiary/aromatic N) is 2. The molecule has 1 heterocycles. The van der Waals surface area contributed by atoms with Gasteiger partial charge in [0, 0.05) is 18.8 Å². The largest absolute Gasteiger partial charge is 0.465 e. The Labute approximate surface area is 105 Å². The first kappa shape index (κ1) is 14.1. The van der Waals surface area contributed by atoms with Crippen LogP contribution in [0.2, 0.25) is 0 Å². The van der Waals surface area contributed by atoms with Gasteiger partial charge in [-0.05, 0) is 19.4 Å². The molecule has 0 bridgehead atoms. The molecule has 0 saturated heterocycles. The average Bonchev–Trinajstić information content (AvgIpc) is 2.33. The van der Waals surface area contributed by atoms with Crippen molar-refractivity contribution in [3.63, 3.8) is 0 Å². The molecular weight excluding hydrogens is 239 g/mol. The summed E-state index contributed by atoms with van der Waals surface area (Å²) < 4.78 is 18.0. The van der Waals surface area contributed by atoms with E-state index in [-0.39, 0.29) is 18.1 Å². The van der Waals surface area contributed by atoms with Crippen molar-refractivity contribution in [2.75, 3.05) is 7.11 Å². The van der Waals surface area contributed by atoms with E-state index in [9.17, 15) is 9.18 Å². The third kappa shape index (κ3) is 3.80. The molecule has 18 heavy (non-hydrogen) atoms. The molecule has 1 rings (SSSR count). The third-order valence-electron chi connectivity index (χ3n) is 2.03. The van der Waals surface area contributed by atoms with Gasteiger partial charge in [0.15, 0.2) is 5.82 Å². The van der Waals surface area contributed by atoms with Crippen LogP contribution in [0.5, 0.6) is 0 Å². The molecule has 0 spiro atoms. The molecule has 0 aliphatic carbocycles. The number of rotatable bonds is 5. The van der Waals surface area contributed by atoms with Gasteiger partial charge in [0.25, 0.3) is 0 Å². The van der Waals surface area contributed by atoms with Gasteiger partial charge in [-0.1, -0.05) is 5.16 Å². The molecule has 0 N–H and O–H groups in total. The van der Waals surface area contributed by atoms with Crippen LogP contribution >= 0.6 is 0 Å². The minimum atomic E-state index is -0.733. The maximum atomic E-state index is 13.5. The number of aromatic nitrogens is 1. The zero-order valence-corrected chi connectivity index (χ0v) is 10.5. The Morgan fingerprint density at radius 1 is 1.56 bits per heavy atom. The summed E-state index contributed by atoms with van der Waals surface area (Å²) in [4.78, 5) is 20.1. The molecule has 0 aliphatic heterocycles. The Balaban J connectivity index is 2.85. The van der Waals surface area contributed by atoms with Crippen molar-refractivity contribution in [3.8, 4) is 0 Å². The fraction of sp³-hybridized carbons (Fsp3) is 0.417. The van der Waals surface area contributed by atoms with Gasteiger partial charge in [0.05, 0.1) is 13.3 Å². The fourth-order valence-corrected chi connectivity index (χ4v) is 1.26. The summed E-state index contributed by atoms with van der Waals surface area (Å²) >= 11 is 0. The van der Waals surface area contributed by atoms with Crippen LogP contribution in [0.1, 0.15) is 29.8 Å². The number of pyridine rings is 1. The molecule has 0 unspecified atom stereocenters. The number of carbonyl (C=O) groups excluding carboxylic acids is 1. The maximum absolute atomic E-state index is 13.5. The first-order chi connectivity index (χ1) is 8.56. The Bertz CT molecular complexity index is 447. The van der Waals surface area contributed by atoms with E-state index < -0.39 is 11.8 Å². The molecule has 1 aromatic rings. The highest BCUT2D eigenvalue weighted by Crippen LogP contribution is 2.13. The summed E-state index contributed by atoms with van der Waals surface area (Å²) in [5.74, 6) is -1.44. The van der Waals surface area contributed by atoms with E-state index in [1.54, 1.807) is 0 Å². The van der Waals surface area contributed by atoms with Crippen LogP contribution in [0.25, 0.3) is 0 Å². The monoisotopic (exact) mass is 254 g/mol. The van der Waals surface area contributed by atoms with Gasteiger partial charge >= 0.3 is 5.97 Å². The Kier molecular flexibility index (Phi) is 5.23. The van der Waals surface area contributed by atoms with E-state index in [0.29, 0.717) is 5.56 Å². The van der Waals surface area contributed by atoms with Crippen LogP contribution in [-0.4, -0.2) is 30.4 Å². The molecule has 0 radical (unpaired) electrons. The Morgan fingerprint density at radius 2 is 2.28 bits per heavy atom. The van der Waals surface area contributed by atoms with E-state index in [1.165, 1.54) is 19.5 Å². The lowest BCUT2D eigenvalue weighted by molar-refractivity contribution is 0.0594. The third-order valence-corrected chi connectivity index (χ3v) is 2.03. The van der Waals surface area contributed by atoms with E-state index in [1.807, 2.05) is 13.8 Å². The normalized spacial score (nSPS) is 10.9. The van der Waals surface area contributed by atoms with E-state index in [2.05, 4.69) is 14.9 Å². The highest BCUT2D eigenvalue weighted by atomic mass is 19.1. The summed E-state index contributed by atoms with van der Waals surface area (Å²) in [6.07, 6.45) is 4.02. The minimum absolute atomic E-state index is 0.0352. The predicted molar refractivity (Wildman–Crippen MR) is 64.0 cm³/mol. The standard InChI is InChI=1S/C12H15FN2O3/c1-8(2)18-15-5-4-9-6-14-7-10(13)11(9)12(16)17-3/h5-8H,4H2,1-3H3/b15-5+. The molecular formula is C12H15FN2O3. The van der Waals surface area contributed by atoms with Crippen LogP contribution < -0.4 is 0 Å². The van der Waals surface area contributed by atoms with Gasteiger partial charge in [0.1, 0.15) is 11.7 Å². The lowest BCUT2D eigenvalue weighted by Gasteiger charge is -2.06. The molecule has 0 atom stereocenters. The second-order valence-electron chi connectivity index (χ2n) is 3.79. The van der Waals surface area contributed by atoms with Crippen molar-refractivity contribution in [3.05, 3.63) is 29.3 Å². The van der Waals surface area contributed by atoms with Crippen molar-refractivity contribution in [1.82, 2.24) is 4.98 Å². The fourth-order valence-electron chi connectivity index (χ4n) is 1.26. The number of hydrogen-bond acceptors (Lipinski definition) is 5. The number of oxime groups is 1. The molecule has 0 saturated carbocycles. The lowest BCUT2D eigenvalue weighted by atomic mass is 10.1. The molecule has 0 fully saturated rings. The number of carbonyl (C=O) groups is 1. The second-order valence-corrected chi connectivity index (χ2v) is 3.79. The smallest absolute Gasteiger partial charge is 0.341 e. The number of hydrogen-bond donors (Lipinski definition) is 0. The summed E-state index contributed by atoms with van der Waals surface area (Å²) in [5.41, 5.74) is 0.279. The van der Waals surface area contributed by atoms with Crippen LogP contribution in [-0.2, 0) is 16.0 Å². The SMILES string of the molecule is COC(=O)c1c(F)cncc1C/C=N/OC(C)C. The van der Waals surface area contributed by atoms with Crippen molar-refractivity contribution in [2.45, 2.75) is 26.4 Å². The van der Waals surface area contributed by atoms with E-state index in [4.69, 9.17) is 4.84 Å². The second kappa shape index (κ2) is 6.68. The van der Waals surface area contributed by atoms with Crippen molar-refractivity contribution < 1.29 is 18.8 Å². The quantitative estimate of drug-likeness (QED) is 0.458. The van der Waals surface area contributed by atoms with Gasteiger partial charge in [-0.2, -0.15) is 0 Å². The Morgan fingerprint density at radius 3 is 2.89 bits per heavy atom. The van der Waals surface area contributed by atoms with Gasteiger partial charge in [-0.3, -0.25) is 4.98 Å². The number of halogens is 1. The highest BCUT2D eigenvalue weighted by molar-refractivity contribution is 5.92. The van der Waals surface area contributed by atoms with Crippen LogP contribution in [0, 0.1) is 5.82 Å². The molecule has 1 aromatic heterocycles. The first-order valence-electron chi connectivity index (χ1n) is 5.44. The highest BCUT2D eigenvalue weighted by Gasteiger charge is 2.17. The van der Waals surface area contributed by atoms with Gasteiger partial charge < -0.3 is 9.57 Å². The van der Waals surface area contributed by atoms with E-state index >= 15 is 0 Å². The molecule has 0 aromatic carbocycles. The van der Waals surface area contributed by atoms with E-state index in [0.717, 1.165) is 6.20 Å². The predicted octanol–water partition coefficient (Wildman–Crippen LogP) is 1.96. The number of esters is 1. The minimum Gasteiger partial charge on any atom is -0.465 e. The average molecular weight is 254 g/mol. The first-order valence-corrected chi connectivity index (χ1v) is 5.44. The number of methoxy groups -OCH3 is 1. The molecule has 0 amide bonds. The maximum Gasteiger partial charge on any atom is 0.341 e. The summed E-state index contributed by atoms with van der Waals surface area (Å²) in [6, 6.07) is 0. The molecule has 5 nitrogen and oxygen atoms in total. The summed E-state index contributed by atoms with van der Waals surface area (Å²) in [7, 11) is 1.20. The van der Waals surface area contributed by atoms with Crippen molar-refractivity contribution in [1.29, 1.82) is 0 Å². The molecule has 98 valence electrons. The lowest BCUT2D eigenvalue weighted by Crippen LogP contribution is -2.10. The summed E-state index contributed by atoms with van der Waals surface area (Å²) in [6.45, 7) is 3.67. The van der Waals surface area contributed by atoms with Gasteiger partial charge in [-0.25, -0.2) is 9.18 Å². The zero-order valence-electron chi connectivity index (χ0n) is 10.5. The number of ether oxygens (including phenoxy) is 1. The zero-order chi connectivity index (χ0) is 13.5. The van der Waals surface area contributed by atoms with Crippen molar-refractivity contribution in [2.24, 2.45) is 5.16 Å². The van der Waals surface area contributed by atoms with Gasteiger partial charge in [0.2, 0.25) is 0 Å². The van der Waals surface area contributed by atoms with Crippen molar-refractivity contribution >= 4 is 12.2 Å². The van der Waals surface area contributed by atoms with Crippen LogP contribution in [0.4, 0.5) is 4.39 Å².